The fraction of sp³-hybridized carbons (Fsp3) is 0.125. The number of rotatable bonds is 7. The Balaban J connectivity index is 1.74. The van der Waals surface area contributed by atoms with E-state index in [-0.39, 0.29) is 0 Å². The van der Waals surface area contributed by atoms with Crippen molar-refractivity contribution in [2.24, 2.45) is 0 Å². The van der Waals surface area contributed by atoms with Gasteiger partial charge in [-0.2, -0.15) is 0 Å². The Morgan fingerprint density at radius 3 is 1.56 bits per heavy atom. The van der Waals surface area contributed by atoms with Crippen LogP contribution < -0.4 is 0 Å². The van der Waals surface area contributed by atoms with Crippen LogP contribution in [0.4, 0.5) is 0 Å². The predicted molar refractivity (Wildman–Crippen MR) is 203 cm³/mol. The molecule has 0 N–H and O–H groups in total. The van der Waals surface area contributed by atoms with E-state index in [1.54, 1.807) is 0 Å². The maximum atomic E-state index is 3.76. The number of hydrogen-bond donors (Lipinski definition) is 0. The summed E-state index contributed by atoms with van der Waals surface area (Å²) in [5, 5.41) is 5.07. The third-order valence-electron chi connectivity index (χ3n) is 10.6. The normalized spacial score (nSPS) is 16.4. The van der Waals surface area contributed by atoms with Crippen LogP contribution in [0.3, 0.4) is 0 Å². The molecule has 2 unspecified atom stereocenters. The molecule has 6 aromatic carbocycles. The SMILES string of the molecule is Cc1ccc(C(C2=C=C=CC=C2)(c2ccccc2)C(C2=CC=CCC2)(c2ccccc2)c2ccc(C)c3ccccc23)c2ccccc12. The molecule has 0 bridgehead atoms. The van der Waals surface area contributed by atoms with Crippen LogP contribution in [0.25, 0.3) is 21.5 Å². The Kier molecular flexibility index (Phi) is 7.55. The van der Waals surface area contributed by atoms with Gasteiger partial charge in [-0.15, -0.1) is 0 Å². The second kappa shape index (κ2) is 12.2. The topological polar surface area (TPSA) is 0 Å². The zero-order chi connectivity index (χ0) is 32.6. The summed E-state index contributed by atoms with van der Waals surface area (Å²) in [5.41, 5.74) is 15.8. The molecule has 0 saturated heterocycles. The van der Waals surface area contributed by atoms with Gasteiger partial charge in [0.1, 0.15) is 0 Å². The van der Waals surface area contributed by atoms with Crippen LogP contribution in [0.5, 0.6) is 0 Å². The number of benzene rings is 6. The molecule has 0 nitrogen and oxygen atoms in total. The summed E-state index contributed by atoms with van der Waals surface area (Å²) >= 11 is 0. The van der Waals surface area contributed by atoms with Crippen molar-refractivity contribution in [1.82, 2.24) is 0 Å². The summed E-state index contributed by atoms with van der Waals surface area (Å²) in [6.45, 7) is 4.46. The van der Waals surface area contributed by atoms with E-state index in [1.807, 2.05) is 6.08 Å². The molecule has 8 rings (SSSR count). The van der Waals surface area contributed by atoms with E-state index in [1.165, 1.54) is 60.5 Å². The molecular formula is C48H38. The highest BCUT2D eigenvalue weighted by molar-refractivity contribution is 5.95. The summed E-state index contributed by atoms with van der Waals surface area (Å²) in [5.74, 6) is 0. The molecule has 2 aliphatic carbocycles. The van der Waals surface area contributed by atoms with Gasteiger partial charge in [-0.3, -0.25) is 0 Å². The van der Waals surface area contributed by atoms with Gasteiger partial charge in [0.25, 0.3) is 0 Å². The third-order valence-corrected chi connectivity index (χ3v) is 10.6. The smallest absolute Gasteiger partial charge is 0.0711 e. The van der Waals surface area contributed by atoms with Crippen LogP contribution in [-0.4, -0.2) is 0 Å². The van der Waals surface area contributed by atoms with E-state index in [0.717, 1.165) is 18.4 Å². The van der Waals surface area contributed by atoms with E-state index < -0.39 is 10.8 Å². The van der Waals surface area contributed by atoms with Crippen LogP contribution in [0, 0.1) is 13.8 Å². The Hall–Kier alpha value is -5.64. The Labute approximate surface area is 284 Å². The fourth-order valence-electron chi connectivity index (χ4n) is 8.67. The summed E-state index contributed by atoms with van der Waals surface area (Å²) in [6.07, 6.45) is 15.3. The molecule has 2 atom stereocenters. The lowest BCUT2D eigenvalue weighted by molar-refractivity contribution is 0.405. The van der Waals surface area contributed by atoms with Gasteiger partial charge in [0.2, 0.25) is 0 Å². The first-order valence-electron chi connectivity index (χ1n) is 17.0. The number of hydrogen-bond acceptors (Lipinski definition) is 0. The summed E-state index contributed by atoms with van der Waals surface area (Å²) in [4.78, 5) is 0. The molecule has 230 valence electrons. The minimum absolute atomic E-state index is 0.697. The van der Waals surface area contributed by atoms with Crippen LogP contribution in [0.15, 0.2) is 193 Å². The molecule has 0 heteroatoms. The highest BCUT2D eigenvalue weighted by atomic mass is 14.6. The molecule has 0 radical (unpaired) electrons. The van der Waals surface area contributed by atoms with Gasteiger partial charge in [-0.05, 0) is 93.8 Å². The summed E-state index contributed by atoms with van der Waals surface area (Å²) in [7, 11) is 0. The first-order valence-corrected chi connectivity index (χ1v) is 17.0. The van der Waals surface area contributed by atoms with Gasteiger partial charge < -0.3 is 0 Å². The van der Waals surface area contributed by atoms with E-state index >= 15 is 0 Å². The molecule has 0 spiro atoms. The Morgan fingerprint density at radius 2 is 1.04 bits per heavy atom. The van der Waals surface area contributed by atoms with Crippen LogP contribution in [0.1, 0.15) is 46.2 Å². The van der Waals surface area contributed by atoms with Crippen LogP contribution >= 0.6 is 0 Å². The minimum Gasteiger partial charge on any atom is -0.0842 e. The van der Waals surface area contributed by atoms with Crippen molar-refractivity contribution in [1.29, 1.82) is 0 Å². The van der Waals surface area contributed by atoms with Crippen LogP contribution in [0.2, 0.25) is 0 Å². The number of fused-ring (bicyclic) bond motifs is 2. The fourth-order valence-corrected chi connectivity index (χ4v) is 8.67. The molecule has 0 aliphatic heterocycles. The van der Waals surface area contributed by atoms with Gasteiger partial charge in [-0.1, -0.05) is 175 Å². The van der Waals surface area contributed by atoms with Crippen LogP contribution in [-0.2, 0) is 10.8 Å². The van der Waals surface area contributed by atoms with Crippen molar-refractivity contribution >= 4 is 21.5 Å². The Morgan fingerprint density at radius 1 is 0.521 bits per heavy atom. The molecule has 0 saturated carbocycles. The van der Waals surface area contributed by atoms with Gasteiger partial charge >= 0.3 is 0 Å². The third kappa shape index (κ3) is 4.39. The molecular weight excluding hydrogens is 577 g/mol. The van der Waals surface area contributed by atoms with Crippen molar-refractivity contribution in [3.63, 3.8) is 0 Å². The average Bonchev–Trinajstić information content (AvgIpc) is 3.16. The average molecular weight is 615 g/mol. The zero-order valence-corrected chi connectivity index (χ0v) is 27.6. The van der Waals surface area contributed by atoms with E-state index in [9.17, 15) is 0 Å². The predicted octanol–water partition coefficient (Wildman–Crippen LogP) is 12.0. The largest absolute Gasteiger partial charge is 0.0842 e. The van der Waals surface area contributed by atoms with E-state index in [2.05, 4.69) is 189 Å². The molecule has 0 fully saturated rings. The van der Waals surface area contributed by atoms with Crippen molar-refractivity contribution in [2.45, 2.75) is 37.5 Å². The van der Waals surface area contributed by atoms with Gasteiger partial charge in [0, 0.05) is 5.57 Å². The maximum absolute atomic E-state index is 3.76. The standard InChI is InChI=1S/C48H38/c1-35-31-33-45(43-29-17-15-27-41(35)43)47(37-19-7-3-8-20-37,38-21-9-4-10-22-38)48(39-23-11-5-12-24-39,40-25-13-6-14-26-40)46-34-32-36(2)42-28-16-18-30-44(42)46/h3-9,11-13,15-21,23-25,27-34H,10,22H2,1-2H3. The minimum atomic E-state index is -0.768. The van der Waals surface area contributed by atoms with E-state index in [4.69, 9.17) is 0 Å². The van der Waals surface area contributed by atoms with Crippen molar-refractivity contribution in [3.05, 3.63) is 226 Å². The lowest BCUT2D eigenvalue weighted by atomic mass is 9.45. The molecule has 6 aromatic rings. The highest BCUT2D eigenvalue weighted by Gasteiger charge is 2.60. The van der Waals surface area contributed by atoms with Crippen molar-refractivity contribution < 1.29 is 0 Å². The first kappa shape index (κ1) is 29.7. The van der Waals surface area contributed by atoms with Crippen molar-refractivity contribution in [3.8, 4) is 0 Å². The first-order chi connectivity index (χ1) is 23.7. The van der Waals surface area contributed by atoms with Gasteiger partial charge in [0.05, 0.1) is 10.8 Å². The van der Waals surface area contributed by atoms with E-state index in [0.29, 0.717) is 0 Å². The molecule has 48 heavy (non-hydrogen) atoms. The monoisotopic (exact) mass is 614 g/mol. The molecule has 2 aliphatic rings. The van der Waals surface area contributed by atoms with Crippen molar-refractivity contribution in [2.75, 3.05) is 0 Å². The number of allylic oxidation sites excluding steroid dienone is 8. The quantitative estimate of drug-likeness (QED) is 0.157. The molecule has 0 heterocycles. The number of aryl methyl sites for hydroxylation is 2. The second-order valence-electron chi connectivity index (χ2n) is 13.1. The summed E-state index contributed by atoms with van der Waals surface area (Å²) in [6, 6.07) is 49.9. The lowest BCUT2D eigenvalue weighted by Crippen LogP contribution is -2.53. The molecule has 0 amide bonds. The van der Waals surface area contributed by atoms with Gasteiger partial charge in [0.15, 0.2) is 0 Å². The highest BCUT2D eigenvalue weighted by Crippen LogP contribution is 2.63. The van der Waals surface area contributed by atoms with Gasteiger partial charge in [-0.25, -0.2) is 0 Å². The maximum Gasteiger partial charge on any atom is 0.0711 e. The lowest BCUT2D eigenvalue weighted by Gasteiger charge is -2.55. The second-order valence-corrected chi connectivity index (χ2v) is 13.1. The zero-order valence-electron chi connectivity index (χ0n) is 27.6. The Bertz CT molecular complexity index is 2370. The molecule has 0 aromatic heterocycles. The summed E-state index contributed by atoms with van der Waals surface area (Å²) < 4.78 is 0.